The summed E-state index contributed by atoms with van der Waals surface area (Å²) in [5.74, 6) is 1.80. The minimum Gasteiger partial charge on any atom is -0.354 e. The van der Waals surface area contributed by atoms with Crippen LogP contribution in [0.3, 0.4) is 0 Å². The maximum atomic E-state index is 4.59. The number of piperazine rings is 1. The molecule has 2 aliphatic heterocycles. The van der Waals surface area contributed by atoms with Gasteiger partial charge in [-0.1, -0.05) is 0 Å². The van der Waals surface area contributed by atoms with Crippen molar-refractivity contribution in [3.05, 3.63) is 12.3 Å². The second-order valence-electron chi connectivity index (χ2n) is 5.05. The van der Waals surface area contributed by atoms with Crippen molar-refractivity contribution in [2.45, 2.75) is 25.8 Å². The van der Waals surface area contributed by atoms with Crippen LogP contribution in [0, 0.1) is 0 Å². The van der Waals surface area contributed by atoms with Crippen molar-refractivity contribution in [3.8, 4) is 0 Å². The second kappa shape index (κ2) is 5.10. The summed E-state index contributed by atoms with van der Waals surface area (Å²) in [4.78, 5) is 13.8. The van der Waals surface area contributed by atoms with Crippen LogP contribution in [0.4, 0.5) is 11.8 Å². The number of hydrogen-bond donors (Lipinski definition) is 1. The quantitative estimate of drug-likeness (QED) is 0.869. The Morgan fingerprint density at radius 3 is 3.22 bits per heavy atom. The molecule has 3 rings (SSSR count). The van der Waals surface area contributed by atoms with Crippen LogP contribution in [-0.2, 0) is 0 Å². The summed E-state index contributed by atoms with van der Waals surface area (Å²) in [6.45, 7) is 7.57. The molecule has 2 aliphatic rings. The fraction of sp³-hybridized carbons (Fsp3) is 0.692. The number of fused-ring (bicyclic) bond motifs is 1. The molecule has 98 valence electrons. The van der Waals surface area contributed by atoms with Crippen LogP contribution in [0.2, 0.25) is 0 Å². The van der Waals surface area contributed by atoms with E-state index in [1.807, 2.05) is 12.3 Å². The highest BCUT2D eigenvalue weighted by molar-refractivity contribution is 5.43. The van der Waals surface area contributed by atoms with Gasteiger partial charge in [-0.25, -0.2) is 4.98 Å². The van der Waals surface area contributed by atoms with Crippen molar-refractivity contribution in [1.82, 2.24) is 14.9 Å². The van der Waals surface area contributed by atoms with Gasteiger partial charge < -0.3 is 10.2 Å². The zero-order valence-corrected chi connectivity index (χ0v) is 11.0. The van der Waals surface area contributed by atoms with E-state index in [1.54, 1.807) is 0 Å². The largest absolute Gasteiger partial charge is 0.354 e. The Balaban J connectivity index is 1.72. The molecule has 2 saturated heterocycles. The normalized spacial score (nSPS) is 24.1. The molecule has 0 saturated carbocycles. The van der Waals surface area contributed by atoms with Gasteiger partial charge in [0.05, 0.1) is 0 Å². The van der Waals surface area contributed by atoms with Gasteiger partial charge in [0.25, 0.3) is 0 Å². The van der Waals surface area contributed by atoms with Crippen LogP contribution in [-0.4, -0.2) is 53.6 Å². The molecule has 1 atom stereocenters. The molecule has 0 spiro atoms. The molecule has 1 aromatic rings. The highest BCUT2D eigenvalue weighted by Gasteiger charge is 2.30. The van der Waals surface area contributed by atoms with Gasteiger partial charge in [-0.3, -0.25) is 4.90 Å². The molecule has 18 heavy (non-hydrogen) atoms. The van der Waals surface area contributed by atoms with E-state index in [-0.39, 0.29) is 0 Å². The van der Waals surface area contributed by atoms with E-state index >= 15 is 0 Å². The van der Waals surface area contributed by atoms with Crippen molar-refractivity contribution < 1.29 is 0 Å². The van der Waals surface area contributed by atoms with Gasteiger partial charge in [-0.2, -0.15) is 4.98 Å². The van der Waals surface area contributed by atoms with E-state index in [2.05, 4.69) is 32.0 Å². The lowest BCUT2D eigenvalue weighted by molar-refractivity contribution is 0.230. The monoisotopic (exact) mass is 247 g/mol. The fourth-order valence-electron chi connectivity index (χ4n) is 2.97. The van der Waals surface area contributed by atoms with Gasteiger partial charge in [0.15, 0.2) is 0 Å². The zero-order valence-electron chi connectivity index (χ0n) is 11.0. The summed E-state index contributed by atoms with van der Waals surface area (Å²) in [7, 11) is 0. The second-order valence-corrected chi connectivity index (χ2v) is 5.05. The van der Waals surface area contributed by atoms with Crippen LogP contribution < -0.4 is 10.2 Å². The topological polar surface area (TPSA) is 44.3 Å². The number of rotatable bonds is 3. The molecule has 0 aliphatic carbocycles. The Bertz CT molecular complexity index is 408. The lowest BCUT2D eigenvalue weighted by Gasteiger charge is -2.38. The molecule has 3 heterocycles. The lowest BCUT2D eigenvalue weighted by Crippen LogP contribution is -2.50. The maximum Gasteiger partial charge on any atom is 0.224 e. The van der Waals surface area contributed by atoms with Crippen LogP contribution in [0.5, 0.6) is 0 Å². The molecule has 5 heteroatoms. The van der Waals surface area contributed by atoms with Crippen molar-refractivity contribution in [3.63, 3.8) is 0 Å². The third kappa shape index (κ3) is 2.27. The van der Waals surface area contributed by atoms with Gasteiger partial charge in [0.2, 0.25) is 5.95 Å². The standard InChI is InChI=1S/C13H21N5/c1-2-14-13-15-6-5-12(16-13)18-9-8-17-7-3-4-11(17)10-18/h5-6,11H,2-4,7-10H2,1H3,(H,14,15,16). The van der Waals surface area contributed by atoms with E-state index in [1.165, 1.54) is 25.9 Å². The smallest absolute Gasteiger partial charge is 0.224 e. The van der Waals surface area contributed by atoms with E-state index in [4.69, 9.17) is 0 Å². The number of anilines is 2. The number of nitrogens with zero attached hydrogens (tertiary/aromatic N) is 4. The first-order chi connectivity index (χ1) is 8.86. The highest BCUT2D eigenvalue weighted by atomic mass is 15.3. The minimum atomic E-state index is 0.733. The third-order valence-corrected chi connectivity index (χ3v) is 3.89. The van der Waals surface area contributed by atoms with Gasteiger partial charge in [0.1, 0.15) is 5.82 Å². The molecule has 0 bridgehead atoms. The van der Waals surface area contributed by atoms with E-state index < -0.39 is 0 Å². The van der Waals surface area contributed by atoms with Crippen LogP contribution in [0.15, 0.2) is 12.3 Å². The van der Waals surface area contributed by atoms with Crippen molar-refractivity contribution >= 4 is 11.8 Å². The summed E-state index contributed by atoms with van der Waals surface area (Å²) in [5.41, 5.74) is 0. The van der Waals surface area contributed by atoms with Crippen molar-refractivity contribution in [2.75, 3.05) is 42.9 Å². The van der Waals surface area contributed by atoms with Gasteiger partial charge >= 0.3 is 0 Å². The molecular weight excluding hydrogens is 226 g/mol. The average molecular weight is 247 g/mol. The number of hydrogen-bond acceptors (Lipinski definition) is 5. The highest BCUT2D eigenvalue weighted by Crippen LogP contribution is 2.24. The predicted octanol–water partition coefficient (Wildman–Crippen LogP) is 1.19. The Morgan fingerprint density at radius 2 is 2.33 bits per heavy atom. The third-order valence-electron chi connectivity index (χ3n) is 3.89. The molecule has 2 fully saturated rings. The van der Waals surface area contributed by atoms with Crippen LogP contribution >= 0.6 is 0 Å². The summed E-state index contributed by atoms with van der Waals surface area (Å²) in [6.07, 6.45) is 4.54. The summed E-state index contributed by atoms with van der Waals surface area (Å²) in [6, 6.07) is 2.75. The Hall–Kier alpha value is -1.36. The lowest BCUT2D eigenvalue weighted by atomic mass is 10.1. The number of nitrogens with one attached hydrogen (secondary N) is 1. The Morgan fingerprint density at radius 1 is 1.39 bits per heavy atom. The molecule has 0 amide bonds. The van der Waals surface area contributed by atoms with Crippen molar-refractivity contribution in [2.24, 2.45) is 0 Å². The molecule has 5 nitrogen and oxygen atoms in total. The van der Waals surface area contributed by atoms with Crippen LogP contribution in [0.1, 0.15) is 19.8 Å². The Labute approximate surface area is 108 Å². The van der Waals surface area contributed by atoms with E-state index in [0.717, 1.165) is 37.4 Å². The molecule has 0 radical (unpaired) electrons. The first-order valence-corrected chi connectivity index (χ1v) is 6.92. The molecule has 1 unspecified atom stereocenters. The maximum absolute atomic E-state index is 4.59. The van der Waals surface area contributed by atoms with Crippen LogP contribution in [0.25, 0.3) is 0 Å². The zero-order chi connectivity index (χ0) is 12.4. The summed E-state index contributed by atoms with van der Waals surface area (Å²) in [5, 5.41) is 3.17. The molecule has 1 N–H and O–H groups in total. The molecule has 1 aromatic heterocycles. The first kappa shape index (κ1) is 11.7. The minimum absolute atomic E-state index is 0.733. The Kier molecular flexibility index (Phi) is 3.32. The average Bonchev–Trinajstić information content (AvgIpc) is 2.86. The van der Waals surface area contributed by atoms with E-state index in [9.17, 15) is 0 Å². The van der Waals surface area contributed by atoms with Gasteiger partial charge in [-0.15, -0.1) is 0 Å². The summed E-state index contributed by atoms with van der Waals surface area (Å²) < 4.78 is 0. The van der Waals surface area contributed by atoms with E-state index in [0.29, 0.717) is 0 Å². The van der Waals surface area contributed by atoms with Crippen molar-refractivity contribution in [1.29, 1.82) is 0 Å². The number of aromatic nitrogens is 2. The molecule has 0 aromatic carbocycles. The van der Waals surface area contributed by atoms with Gasteiger partial charge in [-0.05, 0) is 32.4 Å². The SMILES string of the molecule is CCNc1nccc(N2CCN3CCCC3C2)n1. The first-order valence-electron chi connectivity index (χ1n) is 6.92. The fourth-order valence-corrected chi connectivity index (χ4v) is 2.97. The predicted molar refractivity (Wildman–Crippen MR) is 73.0 cm³/mol. The van der Waals surface area contributed by atoms with Gasteiger partial charge in [0, 0.05) is 38.4 Å². The molecular formula is C13H21N5. The summed E-state index contributed by atoms with van der Waals surface area (Å²) >= 11 is 0.